The van der Waals surface area contributed by atoms with Crippen LogP contribution in [0.2, 0.25) is 0 Å². The minimum Gasteiger partial charge on any atom is -0.276 e. The molecule has 0 fully saturated rings. The van der Waals surface area contributed by atoms with Gasteiger partial charge in [0.25, 0.3) is 11.7 Å². The van der Waals surface area contributed by atoms with Crippen LogP contribution in [0.25, 0.3) is 0 Å². The molecule has 0 aliphatic carbocycles. The Morgan fingerprint density at radius 3 is 2.57 bits per heavy atom. The first-order chi connectivity index (χ1) is 6.45. The largest absolute Gasteiger partial charge is 0.283 e. The zero-order valence-corrected chi connectivity index (χ0v) is 8.74. The Hall–Kier alpha value is -0.620. The third kappa shape index (κ3) is 2.06. The lowest BCUT2D eigenvalue weighted by atomic mass is 10.2. The highest BCUT2D eigenvalue weighted by molar-refractivity contribution is 9.10. The molecule has 0 spiro atoms. The predicted molar refractivity (Wildman–Crippen MR) is 47.0 cm³/mol. The van der Waals surface area contributed by atoms with Crippen LogP contribution >= 0.6 is 27.5 Å². The zero-order valence-electron chi connectivity index (χ0n) is 6.40. The summed E-state index contributed by atoms with van der Waals surface area (Å²) < 4.78 is 36.9. The van der Waals surface area contributed by atoms with Crippen molar-refractivity contribution in [1.82, 2.24) is 4.98 Å². The fourth-order valence-electron chi connectivity index (χ4n) is 0.767. The summed E-state index contributed by atoms with van der Waals surface area (Å²) in [4.78, 5) is 13.7. The second-order valence-corrected chi connectivity index (χ2v) is 3.40. The Labute approximate surface area is 90.2 Å². The minimum absolute atomic E-state index is 0.284. The Bertz CT molecular complexity index is 385. The van der Waals surface area contributed by atoms with Gasteiger partial charge in [-0.3, -0.25) is 9.78 Å². The molecular formula is C7H2BrClF3NO. The third-order valence-corrected chi connectivity index (χ3v) is 2.38. The van der Waals surface area contributed by atoms with Gasteiger partial charge in [0.05, 0.1) is 10.0 Å². The standard InChI is InChI=1S/C7H2BrClF3NO/c8-3-2(6(9)14)1-13-5(4(3)10)7(11)12/h1,7H. The van der Waals surface area contributed by atoms with Crippen LogP contribution in [0, 0.1) is 5.82 Å². The zero-order chi connectivity index (χ0) is 10.9. The number of alkyl halides is 2. The maximum Gasteiger partial charge on any atom is 0.283 e. The van der Waals surface area contributed by atoms with Crippen molar-refractivity contribution in [2.24, 2.45) is 0 Å². The van der Waals surface area contributed by atoms with Gasteiger partial charge in [-0.1, -0.05) is 0 Å². The average molecular weight is 288 g/mol. The summed E-state index contributed by atoms with van der Waals surface area (Å²) in [6.45, 7) is 0. The van der Waals surface area contributed by atoms with Crippen LogP contribution in [0.15, 0.2) is 10.7 Å². The Morgan fingerprint density at radius 1 is 1.57 bits per heavy atom. The SMILES string of the molecule is O=C(Cl)c1cnc(C(F)F)c(F)c1Br. The molecular weight excluding hydrogens is 286 g/mol. The van der Waals surface area contributed by atoms with E-state index in [9.17, 15) is 18.0 Å². The first-order valence-electron chi connectivity index (χ1n) is 3.27. The molecule has 0 saturated carbocycles. The molecule has 0 saturated heterocycles. The molecule has 7 heteroatoms. The van der Waals surface area contributed by atoms with Crippen molar-refractivity contribution in [3.05, 3.63) is 27.7 Å². The first kappa shape index (κ1) is 11.5. The molecule has 0 N–H and O–H groups in total. The van der Waals surface area contributed by atoms with Gasteiger partial charge in [0, 0.05) is 6.20 Å². The van der Waals surface area contributed by atoms with Crippen LogP contribution in [0.5, 0.6) is 0 Å². The van der Waals surface area contributed by atoms with Crippen molar-refractivity contribution in [3.8, 4) is 0 Å². The van der Waals surface area contributed by atoms with Gasteiger partial charge >= 0.3 is 0 Å². The lowest BCUT2D eigenvalue weighted by Gasteiger charge is -2.04. The monoisotopic (exact) mass is 287 g/mol. The fourth-order valence-corrected chi connectivity index (χ4v) is 1.51. The molecule has 0 unspecified atom stereocenters. The number of hydrogen-bond acceptors (Lipinski definition) is 2. The van der Waals surface area contributed by atoms with Crippen LogP contribution in [0.4, 0.5) is 13.2 Å². The topological polar surface area (TPSA) is 30.0 Å². The molecule has 1 rings (SSSR count). The third-order valence-electron chi connectivity index (χ3n) is 1.41. The van der Waals surface area contributed by atoms with Crippen LogP contribution in [-0.4, -0.2) is 10.2 Å². The molecule has 2 nitrogen and oxygen atoms in total. The Balaban J connectivity index is 3.33. The van der Waals surface area contributed by atoms with E-state index in [1.165, 1.54) is 0 Å². The van der Waals surface area contributed by atoms with Crippen molar-refractivity contribution >= 4 is 32.8 Å². The number of nitrogens with zero attached hydrogens (tertiary/aromatic N) is 1. The maximum absolute atomic E-state index is 13.1. The summed E-state index contributed by atoms with van der Waals surface area (Å²) in [5.41, 5.74) is -1.30. The van der Waals surface area contributed by atoms with Crippen LogP contribution in [0.1, 0.15) is 22.5 Å². The minimum atomic E-state index is -3.04. The average Bonchev–Trinajstić information content (AvgIpc) is 2.08. The maximum atomic E-state index is 13.1. The first-order valence-corrected chi connectivity index (χ1v) is 4.44. The van der Waals surface area contributed by atoms with E-state index in [-0.39, 0.29) is 5.56 Å². The summed E-state index contributed by atoms with van der Waals surface area (Å²) in [6, 6.07) is 0. The summed E-state index contributed by atoms with van der Waals surface area (Å²) >= 11 is 7.70. The van der Waals surface area contributed by atoms with Gasteiger partial charge in [-0.15, -0.1) is 0 Å². The van der Waals surface area contributed by atoms with Crippen molar-refractivity contribution in [3.63, 3.8) is 0 Å². The Morgan fingerprint density at radius 2 is 2.14 bits per heavy atom. The normalized spacial score (nSPS) is 10.7. The van der Waals surface area contributed by atoms with E-state index < -0.39 is 27.7 Å². The van der Waals surface area contributed by atoms with Crippen molar-refractivity contribution in [1.29, 1.82) is 0 Å². The molecule has 1 heterocycles. The van der Waals surface area contributed by atoms with Crippen LogP contribution in [0.3, 0.4) is 0 Å². The number of hydrogen-bond donors (Lipinski definition) is 0. The second kappa shape index (κ2) is 4.27. The van der Waals surface area contributed by atoms with E-state index in [0.717, 1.165) is 6.20 Å². The highest BCUT2D eigenvalue weighted by Gasteiger charge is 2.21. The van der Waals surface area contributed by atoms with E-state index in [1.54, 1.807) is 0 Å². The van der Waals surface area contributed by atoms with Gasteiger partial charge in [0.15, 0.2) is 5.82 Å². The fraction of sp³-hybridized carbons (Fsp3) is 0.143. The Kier molecular flexibility index (Phi) is 3.49. The highest BCUT2D eigenvalue weighted by Crippen LogP contribution is 2.28. The van der Waals surface area contributed by atoms with Gasteiger partial charge in [-0.25, -0.2) is 13.2 Å². The van der Waals surface area contributed by atoms with Crippen molar-refractivity contribution in [2.45, 2.75) is 6.43 Å². The summed E-state index contributed by atoms with van der Waals surface area (Å²) in [5.74, 6) is -1.27. The molecule has 1 aromatic heterocycles. The van der Waals surface area contributed by atoms with Gasteiger partial charge < -0.3 is 0 Å². The predicted octanol–water partition coefficient (Wildman–Crippen LogP) is 3.30. The molecule has 1 aromatic rings. The number of rotatable bonds is 2. The summed E-state index contributed by atoms with van der Waals surface area (Å²) in [7, 11) is 0. The molecule has 76 valence electrons. The number of halogens is 5. The van der Waals surface area contributed by atoms with Crippen molar-refractivity contribution in [2.75, 3.05) is 0 Å². The lowest BCUT2D eigenvalue weighted by molar-refractivity contribution is 0.107. The lowest BCUT2D eigenvalue weighted by Crippen LogP contribution is -2.02. The molecule has 0 atom stereocenters. The number of aromatic nitrogens is 1. The van der Waals surface area contributed by atoms with Crippen LogP contribution < -0.4 is 0 Å². The second-order valence-electron chi connectivity index (χ2n) is 2.26. The number of carbonyl (C=O) groups excluding carboxylic acids is 1. The van der Waals surface area contributed by atoms with E-state index in [2.05, 4.69) is 20.9 Å². The van der Waals surface area contributed by atoms with E-state index in [4.69, 9.17) is 11.6 Å². The molecule has 0 bridgehead atoms. The van der Waals surface area contributed by atoms with E-state index in [0.29, 0.717) is 0 Å². The molecule has 0 aliphatic rings. The quantitative estimate of drug-likeness (QED) is 0.782. The summed E-state index contributed by atoms with van der Waals surface area (Å²) in [6.07, 6.45) is -2.24. The van der Waals surface area contributed by atoms with Gasteiger partial charge in [-0.05, 0) is 27.5 Å². The summed E-state index contributed by atoms with van der Waals surface area (Å²) in [5, 5.41) is -0.968. The van der Waals surface area contributed by atoms with Crippen LogP contribution in [-0.2, 0) is 0 Å². The molecule has 0 amide bonds. The highest BCUT2D eigenvalue weighted by atomic mass is 79.9. The number of carbonyl (C=O) groups is 1. The van der Waals surface area contributed by atoms with Gasteiger partial charge in [0.2, 0.25) is 0 Å². The molecule has 14 heavy (non-hydrogen) atoms. The van der Waals surface area contributed by atoms with E-state index in [1.807, 2.05) is 0 Å². The van der Waals surface area contributed by atoms with E-state index >= 15 is 0 Å². The molecule has 0 radical (unpaired) electrons. The van der Waals surface area contributed by atoms with Crippen molar-refractivity contribution < 1.29 is 18.0 Å². The van der Waals surface area contributed by atoms with Gasteiger partial charge in [0.1, 0.15) is 5.69 Å². The molecule has 0 aromatic carbocycles. The number of pyridine rings is 1. The molecule has 0 aliphatic heterocycles. The van der Waals surface area contributed by atoms with Gasteiger partial charge in [-0.2, -0.15) is 0 Å². The smallest absolute Gasteiger partial charge is 0.276 e.